The van der Waals surface area contributed by atoms with E-state index in [1.54, 1.807) is 66.7 Å². The van der Waals surface area contributed by atoms with Crippen LogP contribution in [-0.2, 0) is 44.0 Å². The molecule has 17 heteroatoms. The van der Waals surface area contributed by atoms with E-state index in [9.17, 15) is 40.4 Å². The molecular formula is C39H34ClF4N5O6S. The van der Waals surface area contributed by atoms with Gasteiger partial charge in [0.1, 0.15) is 17.5 Å². The first-order valence-corrected chi connectivity index (χ1v) is 18.2. The van der Waals surface area contributed by atoms with Crippen LogP contribution >= 0.6 is 12.4 Å². The lowest BCUT2D eigenvalue weighted by Crippen LogP contribution is -2.43. The largest absolute Gasteiger partial charge is 0.573 e. The minimum Gasteiger partial charge on any atom is -0.406 e. The van der Waals surface area contributed by atoms with Crippen molar-refractivity contribution >= 4 is 62.9 Å². The van der Waals surface area contributed by atoms with Crippen LogP contribution in [-0.4, -0.2) is 32.5 Å². The lowest BCUT2D eigenvalue weighted by atomic mass is 10.0. The second-order valence-electron chi connectivity index (χ2n) is 12.4. The summed E-state index contributed by atoms with van der Waals surface area (Å²) in [6.07, 6.45) is -5.48. The number of para-hydroxylation sites is 2. The highest BCUT2D eigenvalue weighted by Gasteiger charge is 2.42. The first kappa shape index (κ1) is 41.2. The molecule has 3 amide bonds. The van der Waals surface area contributed by atoms with Crippen LogP contribution in [0.3, 0.4) is 0 Å². The number of ether oxygens (including phenoxy) is 1. The van der Waals surface area contributed by atoms with Crippen molar-refractivity contribution in [1.82, 2.24) is 5.32 Å². The Kier molecular flexibility index (Phi) is 12.7. The van der Waals surface area contributed by atoms with Gasteiger partial charge in [-0.05, 0) is 77.9 Å². The number of hydrogen-bond donors (Lipinski definition) is 3. The number of fused-ring (bicyclic) bond motifs is 1. The van der Waals surface area contributed by atoms with Gasteiger partial charge in [0.25, 0.3) is 10.0 Å². The minimum atomic E-state index is -4.94. The van der Waals surface area contributed by atoms with E-state index in [1.807, 2.05) is 0 Å². The highest BCUT2D eigenvalue weighted by atomic mass is 35.5. The van der Waals surface area contributed by atoms with E-state index in [1.165, 1.54) is 40.1 Å². The Labute approximate surface area is 325 Å². The Morgan fingerprint density at radius 3 is 2.02 bits per heavy atom. The number of carbonyl (C=O) groups excluding carboxylic acids is 3. The summed E-state index contributed by atoms with van der Waals surface area (Å²) in [6.45, 7) is 0.00281. The number of halogens is 5. The van der Waals surface area contributed by atoms with Crippen LogP contribution in [0.5, 0.6) is 5.75 Å². The lowest BCUT2D eigenvalue weighted by Gasteiger charge is -2.26. The number of rotatable bonds is 12. The molecule has 1 aliphatic rings. The Morgan fingerprint density at radius 2 is 1.39 bits per heavy atom. The lowest BCUT2D eigenvalue weighted by molar-refractivity contribution is -0.274. The molecule has 0 aliphatic carbocycles. The maximum atomic E-state index is 14.4. The molecule has 5 aromatic carbocycles. The molecule has 1 heterocycles. The molecule has 1 unspecified atom stereocenters. The van der Waals surface area contributed by atoms with Crippen molar-refractivity contribution in [3.63, 3.8) is 0 Å². The van der Waals surface area contributed by atoms with E-state index in [0.717, 1.165) is 29.8 Å². The summed E-state index contributed by atoms with van der Waals surface area (Å²) in [4.78, 5) is 44.6. The van der Waals surface area contributed by atoms with Crippen molar-refractivity contribution in [2.75, 3.05) is 14.5 Å². The van der Waals surface area contributed by atoms with Crippen LogP contribution in [0.15, 0.2) is 126 Å². The molecule has 0 saturated heterocycles. The zero-order valence-corrected chi connectivity index (χ0v) is 30.8. The number of alkyl halides is 3. The van der Waals surface area contributed by atoms with Gasteiger partial charge in [0.2, 0.25) is 17.7 Å². The van der Waals surface area contributed by atoms with Crippen molar-refractivity contribution in [3.05, 3.63) is 144 Å². The first-order valence-electron chi connectivity index (χ1n) is 16.7. The van der Waals surface area contributed by atoms with E-state index in [4.69, 9.17) is 5.73 Å². The maximum Gasteiger partial charge on any atom is 0.573 e. The quantitative estimate of drug-likeness (QED) is 0.0913. The fourth-order valence-corrected chi connectivity index (χ4v) is 7.00. The Balaban J connectivity index is 0.00000600. The molecule has 0 fully saturated rings. The first-order chi connectivity index (χ1) is 26.2. The number of carbonyl (C=O) groups is 3. The summed E-state index contributed by atoms with van der Waals surface area (Å²) in [7, 11) is -4.21. The SMILES string of the molecule is Cl.NCc1ccc(N2C(=O)C(CC(=O)NCc3ccccc3F)C(=O)N(Cc3ccc(NS(=O)(=O)c4ccc(OC(F)(F)F)cc4)cc3)c3ccccc32)cc1. The van der Waals surface area contributed by atoms with Crippen LogP contribution < -0.4 is 30.3 Å². The van der Waals surface area contributed by atoms with Crippen molar-refractivity contribution in [2.45, 2.75) is 37.3 Å². The summed E-state index contributed by atoms with van der Waals surface area (Å²) < 4.78 is 84.0. The van der Waals surface area contributed by atoms with Crippen molar-refractivity contribution in [3.8, 4) is 5.75 Å². The molecule has 1 atom stereocenters. The smallest absolute Gasteiger partial charge is 0.406 e. The summed E-state index contributed by atoms with van der Waals surface area (Å²) >= 11 is 0. The monoisotopic (exact) mass is 811 g/mol. The van der Waals surface area contributed by atoms with Gasteiger partial charge in [-0.2, -0.15) is 0 Å². The molecule has 5 aromatic rings. The van der Waals surface area contributed by atoms with E-state index in [0.29, 0.717) is 22.6 Å². The number of hydrogen-bond acceptors (Lipinski definition) is 7. The molecule has 0 spiro atoms. The summed E-state index contributed by atoms with van der Waals surface area (Å²) in [5, 5.41) is 2.61. The molecule has 1 aliphatic heterocycles. The zero-order valence-electron chi connectivity index (χ0n) is 29.2. The van der Waals surface area contributed by atoms with E-state index >= 15 is 0 Å². The summed E-state index contributed by atoms with van der Waals surface area (Å²) in [5.41, 5.74) is 8.63. The fourth-order valence-electron chi connectivity index (χ4n) is 5.94. The average Bonchev–Trinajstić information content (AvgIpc) is 3.23. The second-order valence-corrected chi connectivity index (χ2v) is 14.1. The predicted molar refractivity (Wildman–Crippen MR) is 203 cm³/mol. The minimum absolute atomic E-state index is 0. The molecular weight excluding hydrogens is 778 g/mol. The summed E-state index contributed by atoms with van der Waals surface area (Å²) in [6, 6.07) is 29.2. The van der Waals surface area contributed by atoms with Crippen LogP contribution in [0.1, 0.15) is 23.1 Å². The Bertz CT molecular complexity index is 2310. The van der Waals surface area contributed by atoms with Gasteiger partial charge < -0.3 is 20.7 Å². The molecule has 0 bridgehead atoms. The maximum absolute atomic E-state index is 14.4. The van der Waals surface area contributed by atoms with Crippen LogP contribution in [0.4, 0.5) is 40.3 Å². The van der Waals surface area contributed by atoms with Crippen LogP contribution in [0.2, 0.25) is 0 Å². The Hall–Kier alpha value is -5.97. The number of benzene rings is 5. The average molecular weight is 812 g/mol. The molecule has 6 rings (SSSR count). The topological polar surface area (TPSA) is 151 Å². The van der Waals surface area contributed by atoms with Crippen molar-refractivity contribution in [2.24, 2.45) is 11.7 Å². The van der Waals surface area contributed by atoms with Crippen LogP contribution in [0, 0.1) is 11.7 Å². The molecule has 0 saturated carbocycles. The second kappa shape index (κ2) is 17.2. The van der Waals surface area contributed by atoms with Gasteiger partial charge in [0.15, 0.2) is 0 Å². The fraction of sp³-hybridized carbons (Fsp3) is 0.154. The number of nitrogens with zero attached hydrogens (tertiary/aromatic N) is 2. The third-order valence-corrected chi connectivity index (χ3v) is 10.1. The molecule has 0 aromatic heterocycles. The van der Waals surface area contributed by atoms with E-state index in [-0.39, 0.29) is 48.2 Å². The van der Waals surface area contributed by atoms with Gasteiger partial charge in [0, 0.05) is 36.4 Å². The number of anilines is 4. The van der Waals surface area contributed by atoms with Gasteiger partial charge in [-0.1, -0.05) is 54.6 Å². The van der Waals surface area contributed by atoms with Gasteiger partial charge in [-0.25, -0.2) is 12.8 Å². The zero-order chi connectivity index (χ0) is 39.3. The van der Waals surface area contributed by atoms with Gasteiger partial charge >= 0.3 is 6.36 Å². The Morgan fingerprint density at radius 1 is 0.786 bits per heavy atom. The number of nitrogens with two attached hydrogens (primary N) is 1. The predicted octanol–water partition coefficient (Wildman–Crippen LogP) is 6.94. The van der Waals surface area contributed by atoms with Crippen molar-refractivity contribution in [1.29, 1.82) is 0 Å². The van der Waals surface area contributed by atoms with Gasteiger partial charge in [0.05, 0.1) is 22.8 Å². The molecule has 4 N–H and O–H groups in total. The molecule has 0 radical (unpaired) electrons. The standard InChI is InChI=1S/C39H33F4N5O6S.ClH/c40-33-6-2-1-5-27(33)23-45-36(49)21-32-37(50)47(34-7-3-4-8-35(34)48(38(32)51)29-15-11-25(22-44)12-16-29)24-26-9-13-28(14-10-26)46-55(52,53)31-19-17-30(18-20-31)54-39(41,42)43;/h1-20,32,46H,21-24,44H2,(H,45,49);1H. The number of sulfonamides is 1. The molecule has 11 nitrogen and oxygen atoms in total. The van der Waals surface area contributed by atoms with Gasteiger partial charge in [-0.15, -0.1) is 25.6 Å². The van der Waals surface area contributed by atoms with E-state index in [2.05, 4.69) is 14.8 Å². The van der Waals surface area contributed by atoms with Gasteiger partial charge in [-0.3, -0.25) is 24.0 Å². The third-order valence-electron chi connectivity index (χ3n) is 8.66. The normalized spacial score (nSPS) is 14.3. The number of nitrogens with one attached hydrogen (secondary N) is 2. The highest BCUT2D eigenvalue weighted by Crippen LogP contribution is 2.41. The third kappa shape index (κ3) is 9.63. The van der Waals surface area contributed by atoms with Crippen LogP contribution in [0.25, 0.3) is 0 Å². The number of amides is 3. The highest BCUT2D eigenvalue weighted by molar-refractivity contribution is 7.92. The van der Waals surface area contributed by atoms with E-state index < -0.39 is 58.0 Å². The summed E-state index contributed by atoms with van der Waals surface area (Å²) in [5.74, 6) is -4.60. The van der Waals surface area contributed by atoms with Crippen molar-refractivity contribution < 1.29 is 45.1 Å². The molecule has 56 heavy (non-hydrogen) atoms. The molecule has 292 valence electrons.